The number of benzene rings is 2. The summed E-state index contributed by atoms with van der Waals surface area (Å²) in [5, 5.41) is 3.83. The van der Waals surface area contributed by atoms with Crippen molar-refractivity contribution in [2.24, 2.45) is 0 Å². The zero-order valence-electron chi connectivity index (χ0n) is 14.0. The molecule has 2 aromatic rings. The van der Waals surface area contributed by atoms with Crippen LogP contribution in [0.3, 0.4) is 0 Å². The summed E-state index contributed by atoms with van der Waals surface area (Å²) in [4.78, 5) is 14.8. The van der Waals surface area contributed by atoms with Gasteiger partial charge < -0.3 is 10.2 Å². The van der Waals surface area contributed by atoms with Crippen molar-refractivity contribution in [2.75, 3.05) is 13.6 Å². The number of halogens is 1. The van der Waals surface area contributed by atoms with Gasteiger partial charge in [0.1, 0.15) is 0 Å². The Morgan fingerprint density at radius 3 is 2.75 bits per heavy atom. The molecular weight excluding hydrogens is 320 g/mol. The molecule has 2 aromatic carbocycles. The summed E-state index contributed by atoms with van der Waals surface area (Å²) < 4.78 is 0. The third kappa shape index (κ3) is 3.80. The smallest absolute Gasteiger partial charge is 0.223 e. The van der Waals surface area contributed by atoms with Crippen LogP contribution in [0, 0.1) is 0 Å². The van der Waals surface area contributed by atoms with E-state index in [0.717, 1.165) is 30.0 Å². The first kappa shape index (κ1) is 17.0. The number of hydrogen-bond acceptors (Lipinski definition) is 2. The molecule has 3 rings (SSSR count). The standard InChI is InChI=1S/C20H23ClN2O/c1-22-11-5-8-20(24)23-14-17-12-18(21)10-9-16(17)13-19(23)15-6-3-2-4-7-15/h2-4,6-7,9-10,12,19,22H,5,8,11,13-14H2,1H3. The number of fused-ring (bicyclic) bond motifs is 1. The van der Waals surface area contributed by atoms with E-state index in [1.54, 1.807) is 0 Å². The predicted octanol–water partition coefficient (Wildman–Crippen LogP) is 3.97. The number of carbonyl (C=O) groups is 1. The van der Waals surface area contributed by atoms with E-state index in [1.165, 1.54) is 11.1 Å². The first-order valence-electron chi connectivity index (χ1n) is 8.45. The Kier molecular flexibility index (Phi) is 5.54. The van der Waals surface area contributed by atoms with Gasteiger partial charge in [0.05, 0.1) is 6.04 Å². The van der Waals surface area contributed by atoms with E-state index < -0.39 is 0 Å². The van der Waals surface area contributed by atoms with Crippen LogP contribution in [0.25, 0.3) is 0 Å². The minimum Gasteiger partial charge on any atom is -0.331 e. The van der Waals surface area contributed by atoms with Crippen LogP contribution in [0.5, 0.6) is 0 Å². The maximum absolute atomic E-state index is 12.8. The van der Waals surface area contributed by atoms with Gasteiger partial charge in [-0.25, -0.2) is 0 Å². The number of hydrogen-bond donors (Lipinski definition) is 1. The Morgan fingerprint density at radius 2 is 2.00 bits per heavy atom. The fourth-order valence-corrected chi connectivity index (χ4v) is 3.54. The highest BCUT2D eigenvalue weighted by atomic mass is 35.5. The van der Waals surface area contributed by atoms with Crippen molar-refractivity contribution in [1.29, 1.82) is 0 Å². The molecule has 0 fully saturated rings. The summed E-state index contributed by atoms with van der Waals surface area (Å²) in [6.07, 6.45) is 2.27. The van der Waals surface area contributed by atoms with Gasteiger partial charge in [-0.3, -0.25) is 4.79 Å². The van der Waals surface area contributed by atoms with E-state index >= 15 is 0 Å². The summed E-state index contributed by atoms with van der Waals surface area (Å²) in [6, 6.07) is 16.4. The molecule has 0 bridgehead atoms. The molecule has 1 N–H and O–H groups in total. The Bertz CT molecular complexity index is 702. The zero-order chi connectivity index (χ0) is 16.9. The van der Waals surface area contributed by atoms with Gasteiger partial charge in [-0.2, -0.15) is 0 Å². The highest BCUT2D eigenvalue weighted by Gasteiger charge is 2.30. The van der Waals surface area contributed by atoms with Crippen LogP contribution in [0.1, 0.15) is 35.6 Å². The van der Waals surface area contributed by atoms with Crippen molar-refractivity contribution < 1.29 is 4.79 Å². The van der Waals surface area contributed by atoms with Crippen molar-refractivity contribution in [3.05, 3.63) is 70.2 Å². The lowest BCUT2D eigenvalue weighted by atomic mass is 9.89. The van der Waals surface area contributed by atoms with Crippen molar-refractivity contribution >= 4 is 17.5 Å². The minimum absolute atomic E-state index is 0.0990. The number of nitrogens with one attached hydrogen (secondary N) is 1. The molecule has 1 aliphatic heterocycles. The van der Waals surface area contributed by atoms with Gasteiger partial charge in [0.2, 0.25) is 5.91 Å². The van der Waals surface area contributed by atoms with Crippen molar-refractivity contribution in [2.45, 2.75) is 31.8 Å². The van der Waals surface area contributed by atoms with E-state index in [9.17, 15) is 4.79 Å². The van der Waals surface area contributed by atoms with E-state index in [0.29, 0.717) is 13.0 Å². The Balaban J connectivity index is 1.88. The molecule has 4 heteroatoms. The SMILES string of the molecule is CNCCCC(=O)N1Cc2cc(Cl)ccc2CC1c1ccccc1. The van der Waals surface area contributed by atoms with Crippen LogP contribution >= 0.6 is 11.6 Å². The summed E-state index contributed by atoms with van der Waals surface area (Å²) in [6.45, 7) is 1.49. The highest BCUT2D eigenvalue weighted by Crippen LogP contribution is 2.34. The van der Waals surface area contributed by atoms with E-state index in [1.807, 2.05) is 42.3 Å². The van der Waals surface area contributed by atoms with Gasteiger partial charge in [0.25, 0.3) is 0 Å². The molecule has 0 saturated carbocycles. The molecule has 1 amide bonds. The fourth-order valence-electron chi connectivity index (χ4n) is 3.35. The second kappa shape index (κ2) is 7.82. The molecule has 1 heterocycles. The molecule has 1 atom stereocenters. The van der Waals surface area contributed by atoms with Gasteiger partial charge in [0.15, 0.2) is 0 Å². The van der Waals surface area contributed by atoms with E-state index in [2.05, 4.69) is 23.5 Å². The van der Waals surface area contributed by atoms with Gasteiger partial charge in [-0.1, -0.05) is 48.0 Å². The molecule has 0 spiro atoms. The number of nitrogens with zero attached hydrogens (tertiary/aromatic N) is 1. The second-order valence-corrected chi connectivity index (χ2v) is 6.71. The summed E-state index contributed by atoms with van der Waals surface area (Å²) in [5.41, 5.74) is 3.64. The monoisotopic (exact) mass is 342 g/mol. The third-order valence-electron chi connectivity index (χ3n) is 4.62. The van der Waals surface area contributed by atoms with Crippen LogP contribution < -0.4 is 5.32 Å². The summed E-state index contributed by atoms with van der Waals surface area (Å²) in [7, 11) is 1.91. The zero-order valence-corrected chi connectivity index (χ0v) is 14.7. The molecule has 0 aliphatic carbocycles. The number of carbonyl (C=O) groups excluding carboxylic acids is 1. The average Bonchev–Trinajstić information content (AvgIpc) is 2.61. The van der Waals surface area contributed by atoms with Gasteiger partial charge in [0, 0.05) is 18.0 Å². The molecule has 24 heavy (non-hydrogen) atoms. The third-order valence-corrected chi connectivity index (χ3v) is 4.86. The summed E-state index contributed by atoms with van der Waals surface area (Å²) in [5.74, 6) is 0.213. The van der Waals surface area contributed by atoms with Crippen LogP contribution in [-0.2, 0) is 17.8 Å². The van der Waals surface area contributed by atoms with E-state index in [4.69, 9.17) is 11.6 Å². The van der Waals surface area contributed by atoms with Crippen molar-refractivity contribution in [3.63, 3.8) is 0 Å². The van der Waals surface area contributed by atoms with E-state index in [-0.39, 0.29) is 11.9 Å². The van der Waals surface area contributed by atoms with Gasteiger partial charge in [-0.15, -0.1) is 0 Å². The number of amides is 1. The molecule has 1 aliphatic rings. The topological polar surface area (TPSA) is 32.3 Å². The maximum Gasteiger partial charge on any atom is 0.223 e. The molecule has 0 radical (unpaired) electrons. The van der Waals surface area contributed by atoms with Crippen LogP contribution in [-0.4, -0.2) is 24.4 Å². The lowest BCUT2D eigenvalue weighted by molar-refractivity contribution is -0.135. The van der Waals surface area contributed by atoms with Crippen molar-refractivity contribution in [1.82, 2.24) is 10.2 Å². The lowest BCUT2D eigenvalue weighted by Gasteiger charge is -2.37. The predicted molar refractivity (Wildman–Crippen MR) is 98.0 cm³/mol. The Morgan fingerprint density at radius 1 is 1.21 bits per heavy atom. The Hall–Kier alpha value is -1.84. The maximum atomic E-state index is 12.8. The summed E-state index contributed by atoms with van der Waals surface area (Å²) >= 11 is 6.15. The fraction of sp³-hybridized carbons (Fsp3) is 0.350. The van der Waals surface area contributed by atoms with Gasteiger partial charge in [-0.05, 0) is 55.3 Å². The second-order valence-electron chi connectivity index (χ2n) is 6.27. The van der Waals surface area contributed by atoms with Crippen LogP contribution in [0.2, 0.25) is 5.02 Å². The normalized spacial score (nSPS) is 16.8. The van der Waals surface area contributed by atoms with Crippen LogP contribution in [0.15, 0.2) is 48.5 Å². The Labute approximate surface area is 148 Å². The molecule has 0 aromatic heterocycles. The highest BCUT2D eigenvalue weighted by molar-refractivity contribution is 6.30. The first-order valence-corrected chi connectivity index (χ1v) is 8.83. The molecule has 1 unspecified atom stereocenters. The molecular formula is C20H23ClN2O. The minimum atomic E-state index is 0.0990. The molecule has 3 nitrogen and oxygen atoms in total. The average molecular weight is 343 g/mol. The first-order chi connectivity index (χ1) is 11.7. The molecule has 0 saturated heterocycles. The molecule has 126 valence electrons. The van der Waals surface area contributed by atoms with Crippen LogP contribution in [0.4, 0.5) is 0 Å². The largest absolute Gasteiger partial charge is 0.331 e. The quantitative estimate of drug-likeness (QED) is 0.834. The van der Waals surface area contributed by atoms with Gasteiger partial charge >= 0.3 is 0 Å². The lowest BCUT2D eigenvalue weighted by Crippen LogP contribution is -2.39. The van der Waals surface area contributed by atoms with Crippen molar-refractivity contribution in [3.8, 4) is 0 Å². The number of rotatable bonds is 5.